The maximum Gasteiger partial charge on any atom is 0.416 e. The van der Waals surface area contributed by atoms with Gasteiger partial charge in [-0.05, 0) is 67.3 Å². The summed E-state index contributed by atoms with van der Waals surface area (Å²) in [4.78, 5) is 26.8. The van der Waals surface area contributed by atoms with Crippen molar-refractivity contribution in [3.05, 3.63) is 64.2 Å². The van der Waals surface area contributed by atoms with Gasteiger partial charge in [0.25, 0.3) is 0 Å². The lowest BCUT2D eigenvalue weighted by molar-refractivity contribution is -0.143. The predicted octanol–water partition coefficient (Wildman–Crippen LogP) is 7.59. The van der Waals surface area contributed by atoms with Crippen LogP contribution in [0.2, 0.25) is 0 Å². The Morgan fingerprint density at radius 2 is 1.49 bits per heavy atom. The fourth-order valence-electron chi connectivity index (χ4n) is 4.55. The second kappa shape index (κ2) is 11.0. The van der Waals surface area contributed by atoms with Gasteiger partial charge in [-0.25, -0.2) is 4.79 Å². The molecule has 1 aliphatic heterocycles. The van der Waals surface area contributed by atoms with Gasteiger partial charge in [0.15, 0.2) is 0 Å². The molecule has 1 aliphatic rings. The van der Waals surface area contributed by atoms with E-state index in [1.165, 1.54) is 6.92 Å². The zero-order valence-corrected chi connectivity index (χ0v) is 20.5. The number of alkyl halides is 9. The minimum atomic E-state index is -5.13. The highest BCUT2D eigenvalue weighted by atomic mass is 19.4. The van der Waals surface area contributed by atoms with Crippen molar-refractivity contribution in [2.45, 2.75) is 63.8 Å². The van der Waals surface area contributed by atoms with Crippen molar-refractivity contribution in [1.82, 2.24) is 4.90 Å². The zero-order valence-electron chi connectivity index (χ0n) is 20.5. The Morgan fingerprint density at radius 1 is 0.923 bits per heavy atom. The summed E-state index contributed by atoms with van der Waals surface area (Å²) in [5, 5.41) is 0. The van der Waals surface area contributed by atoms with Crippen LogP contribution in [0.3, 0.4) is 0 Å². The van der Waals surface area contributed by atoms with Gasteiger partial charge in [0.2, 0.25) is 6.41 Å². The van der Waals surface area contributed by atoms with Gasteiger partial charge in [0.05, 0.1) is 35.0 Å². The molecule has 14 heteroatoms. The fourth-order valence-corrected chi connectivity index (χ4v) is 4.55. The molecule has 0 aliphatic carbocycles. The summed E-state index contributed by atoms with van der Waals surface area (Å²) in [5.74, 6) is 0. The number of halogens is 9. The number of rotatable bonds is 6. The molecule has 1 heterocycles. The highest BCUT2D eigenvalue weighted by molar-refractivity contribution is 5.90. The third kappa shape index (κ3) is 6.59. The van der Waals surface area contributed by atoms with E-state index in [1.807, 2.05) is 0 Å². The molecule has 3 rings (SSSR count). The molecular formula is C25H23F9N2O3. The maximum absolute atomic E-state index is 13.5. The number of hydrogen-bond donors (Lipinski definition) is 0. The summed E-state index contributed by atoms with van der Waals surface area (Å²) in [7, 11) is 0. The van der Waals surface area contributed by atoms with Gasteiger partial charge >= 0.3 is 24.6 Å². The van der Waals surface area contributed by atoms with Crippen LogP contribution in [0.15, 0.2) is 36.4 Å². The number of benzene rings is 2. The first-order chi connectivity index (χ1) is 18.0. The molecular weight excluding hydrogens is 547 g/mol. The first kappa shape index (κ1) is 30.1. The molecule has 0 spiro atoms. The Balaban J connectivity index is 2.15. The highest BCUT2D eigenvalue weighted by Gasteiger charge is 2.41. The largest absolute Gasteiger partial charge is 0.449 e. The summed E-state index contributed by atoms with van der Waals surface area (Å²) in [6.45, 7) is 2.38. The van der Waals surface area contributed by atoms with Crippen molar-refractivity contribution in [3.63, 3.8) is 0 Å². The number of anilines is 1. The monoisotopic (exact) mass is 570 g/mol. The van der Waals surface area contributed by atoms with Crippen LogP contribution in [0.5, 0.6) is 0 Å². The minimum Gasteiger partial charge on any atom is -0.449 e. The molecule has 0 saturated heterocycles. The van der Waals surface area contributed by atoms with Crippen LogP contribution >= 0.6 is 0 Å². The lowest BCUT2D eigenvalue weighted by Crippen LogP contribution is -2.47. The second-order valence-corrected chi connectivity index (χ2v) is 8.85. The van der Waals surface area contributed by atoms with Crippen LogP contribution in [0, 0.1) is 0 Å². The Bertz CT molecular complexity index is 1180. The van der Waals surface area contributed by atoms with E-state index in [2.05, 4.69) is 0 Å². The van der Waals surface area contributed by atoms with Gasteiger partial charge in [0.1, 0.15) is 0 Å². The van der Waals surface area contributed by atoms with Crippen LogP contribution in [-0.2, 0) is 34.6 Å². The van der Waals surface area contributed by atoms with E-state index in [0.717, 1.165) is 21.9 Å². The van der Waals surface area contributed by atoms with Gasteiger partial charge in [0, 0.05) is 12.6 Å². The molecule has 0 fully saturated rings. The topological polar surface area (TPSA) is 49.9 Å². The Hall–Kier alpha value is -3.45. The van der Waals surface area contributed by atoms with Crippen LogP contribution in [0.1, 0.15) is 60.5 Å². The van der Waals surface area contributed by atoms with Gasteiger partial charge in [-0.2, -0.15) is 39.5 Å². The smallest absolute Gasteiger partial charge is 0.416 e. The molecule has 2 aromatic rings. The van der Waals surface area contributed by atoms with Crippen molar-refractivity contribution in [2.24, 2.45) is 0 Å². The first-order valence-electron chi connectivity index (χ1n) is 11.7. The van der Waals surface area contributed by atoms with Gasteiger partial charge in [-0.15, -0.1) is 0 Å². The van der Waals surface area contributed by atoms with Crippen molar-refractivity contribution in [3.8, 4) is 0 Å². The van der Waals surface area contributed by atoms with Gasteiger partial charge < -0.3 is 9.64 Å². The standard InChI is InChI=1S/C25H23F9N2O3/c1-3-18-11-21(19-10-15(23(26,27)28)5-6-20(19)36(18)22(38)39-4-2)35(13-37)12-14-7-16(24(29,30)31)9-17(8-14)25(32,33)34/h5-10,13,18,21H,3-4,11-12H2,1-2H3/t18-,21+/m0/s1. The summed E-state index contributed by atoms with van der Waals surface area (Å²) in [6.07, 6.45) is -15.7. The van der Waals surface area contributed by atoms with Crippen LogP contribution in [0.4, 0.5) is 50.0 Å². The van der Waals surface area contributed by atoms with Crippen molar-refractivity contribution in [2.75, 3.05) is 11.5 Å². The third-order valence-electron chi connectivity index (χ3n) is 6.32. The number of ether oxygens (including phenoxy) is 1. The van der Waals surface area contributed by atoms with E-state index in [-0.39, 0.29) is 43.2 Å². The molecule has 0 unspecified atom stereocenters. The summed E-state index contributed by atoms with van der Waals surface area (Å²) in [5.41, 5.74) is -5.01. The number of amides is 2. The number of carbonyl (C=O) groups excluding carboxylic acids is 2. The molecule has 2 atom stereocenters. The average molecular weight is 570 g/mol. The van der Waals surface area contributed by atoms with Crippen molar-refractivity contribution < 1.29 is 53.8 Å². The molecule has 0 bridgehead atoms. The molecule has 0 saturated carbocycles. The summed E-state index contributed by atoms with van der Waals surface area (Å²) in [6, 6.07) is 1.39. The number of fused-ring (bicyclic) bond motifs is 1. The normalized spacial score (nSPS) is 18.0. The average Bonchev–Trinajstić information content (AvgIpc) is 2.84. The van der Waals surface area contributed by atoms with Crippen molar-refractivity contribution >= 4 is 18.2 Å². The Labute approximate surface area is 217 Å². The molecule has 5 nitrogen and oxygen atoms in total. The summed E-state index contributed by atoms with van der Waals surface area (Å²) >= 11 is 0. The lowest BCUT2D eigenvalue weighted by Gasteiger charge is -2.43. The SMILES string of the molecule is CCOC(=O)N1c2ccc(C(F)(F)F)cc2[C@H](N(C=O)Cc2cc(C(F)(F)F)cc(C(F)(F)F)c2)C[C@@H]1CC. The van der Waals surface area contributed by atoms with Gasteiger partial charge in [-0.1, -0.05) is 6.92 Å². The van der Waals surface area contributed by atoms with E-state index < -0.39 is 65.5 Å². The fraction of sp³-hybridized carbons (Fsp3) is 0.440. The van der Waals surface area contributed by atoms with E-state index in [9.17, 15) is 49.1 Å². The van der Waals surface area contributed by atoms with Crippen molar-refractivity contribution in [1.29, 1.82) is 0 Å². The summed E-state index contributed by atoms with van der Waals surface area (Å²) < 4.78 is 126. The number of nitrogens with zero attached hydrogens (tertiary/aromatic N) is 2. The molecule has 2 aromatic carbocycles. The molecule has 2 amide bonds. The maximum atomic E-state index is 13.5. The Kier molecular flexibility index (Phi) is 8.46. The quantitative estimate of drug-likeness (QED) is 0.266. The highest BCUT2D eigenvalue weighted by Crippen LogP contribution is 2.45. The molecule has 39 heavy (non-hydrogen) atoms. The van der Waals surface area contributed by atoms with E-state index in [1.54, 1.807) is 6.92 Å². The lowest BCUT2D eigenvalue weighted by atomic mass is 9.87. The zero-order chi connectivity index (χ0) is 29.3. The number of carbonyl (C=O) groups is 2. The minimum absolute atomic E-state index is 0.0172. The van der Waals surface area contributed by atoms with E-state index in [0.29, 0.717) is 18.2 Å². The Morgan fingerprint density at radius 3 is 1.95 bits per heavy atom. The molecule has 214 valence electrons. The molecule has 0 radical (unpaired) electrons. The second-order valence-electron chi connectivity index (χ2n) is 8.85. The number of hydrogen-bond acceptors (Lipinski definition) is 3. The van der Waals surface area contributed by atoms with Crippen LogP contribution in [-0.4, -0.2) is 30.1 Å². The van der Waals surface area contributed by atoms with E-state index >= 15 is 0 Å². The van der Waals surface area contributed by atoms with Gasteiger partial charge in [-0.3, -0.25) is 9.69 Å². The molecule has 0 N–H and O–H groups in total. The van der Waals surface area contributed by atoms with Crippen LogP contribution in [0.25, 0.3) is 0 Å². The third-order valence-corrected chi connectivity index (χ3v) is 6.32. The predicted molar refractivity (Wildman–Crippen MR) is 120 cm³/mol. The molecule has 0 aromatic heterocycles. The van der Waals surface area contributed by atoms with Crippen LogP contribution < -0.4 is 4.90 Å². The first-order valence-corrected chi connectivity index (χ1v) is 11.7. The van der Waals surface area contributed by atoms with E-state index in [4.69, 9.17) is 4.74 Å².